The first-order valence-corrected chi connectivity index (χ1v) is 5.87. The van der Waals surface area contributed by atoms with Crippen LogP contribution in [0.1, 0.15) is 5.69 Å². The van der Waals surface area contributed by atoms with Gasteiger partial charge in [-0.1, -0.05) is 18.2 Å². The van der Waals surface area contributed by atoms with Gasteiger partial charge in [0.15, 0.2) is 0 Å². The van der Waals surface area contributed by atoms with Gasteiger partial charge in [-0.25, -0.2) is 9.78 Å². The molecule has 0 fully saturated rings. The zero-order chi connectivity index (χ0) is 15.2. The average molecular weight is 295 g/mol. The molecule has 6 nitrogen and oxygen atoms in total. The maximum atomic E-state index is 12.1. The van der Waals surface area contributed by atoms with Crippen molar-refractivity contribution in [2.75, 3.05) is 5.32 Å². The molecule has 0 aliphatic carbocycles. The zero-order valence-electron chi connectivity index (χ0n) is 10.9. The average Bonchev–Trinajstić information content (AvgIpc) is 2.37. The molecule has 0 saturated heterocycles. The highest BCUT2D eigenvalue weighted by Crippen LogP contribution is 2.15. The van der Waals surface area contributed by atoms with Crippen molar-refractivity contribution in [1.82, 2.24) is 9.97 Å². The van der Waals surface area contributed by atoms with Crippen LogP contribution >= 0.6 is 0 Å². The number of nitrogens with zero attached hydrogens (tertiary/aromatic N) is 2. The van der Waals surface area contributed by atoms with E-state index in [9.17, 15) is 13.6 Å². The van der Waals surface area contributed by atoms with Crippen molar-refractivity contribution < 1.29 is 23.0 Å². The zero-order valence-corrected chi connectivity index (χ0v) is 10.9. The van der Waals surface area contributed by atoms with E-state index in [1.165, 1.54) is 6.07 Å². The van der Waals surface area contributed by atoms with E-state index in [2.05, 4.69) is 20.0 Å². The van der Waals surface area contributed by atoms with E-state index in [1.807, 2.05) is 0 Å². The molecule has 1 aromatic heterocycles. The monoisotopic (exact) mass is 295 g/mol. The van der Waals surface area contributed by atoms with Crippen molar-refractivity contribution in [2.45, 2.75) is 13.5 Å². The molecule has 1 N–H and O–H groups in total. The molecule has 1 amide bonds. The van der Waals surface area contributed by atoms with Crippen LogP contribution in [0.25, 0.3) is 0 Å². The van der Waals surface area contributed by atoms with Crippen LogP contribution in [0.3, 0.4) is 0 Å². The van der Waals surface area contributed by atoms with Gasteiger partial charge >= 0.3 is 12.7 Å². The summed E-state index contributed by atoms with van der Waals surface area (Å²) in [5, 5.41) is 2.24. The van der Waals surface area contributed by atoms with Crippen molar-refractivity contribution in [2.24, 2.45) is 0 Å². The number of benzene rings is 1. The lowest BCUT2D eigenvalue weighted by Gasteiger charge is -2.08. The predicted octanol–water partition coefficient (Wildman–Crippen LogP) is 3.00. The van der Waals surface area contributed by atoms with E-state index in [0.29, 0.717) is 11.4 Å². The summed E-state index contributed by atoms with van der Waals surface area (Å²) < 4.78 is 33.4. The second kappa shape index (κ2) is 6.60. The lowest BCUT2D eigenvalue weighted by atomic mass is 10.3. The van der Waals surface area contributed by atoms with Gasteiger partial charge in [-0.2, -0.15) is 13.8 Å². The molecule has 1 heterocycles. The van der Waals surface area contributed by atoms with Crippen LogP contribution in [0, 0.1) is 6.92 Å². The highest BCUT2D eigenvalue weighted by molar-refractivity contribution is 5.84. The molecule has 2 aromatic rings. The number of hydrogen-bond donors (Lipinski definition) is 1. The minimum absolute atomic E-state index is 0.188. The first-order valence-electron chi connectivity index (χ1n) is 5.87. The van der Waals surface area contributed by atoms with E-state index in [0.717, 1.165) is 0 Å². The number of aryl methyl sites for hydroxylation is 1. The smallest absolute Gasteiger partial charge is 0.417 e. The number of carbonyl (C=O) groups excluding carboxylic acids is 1. The van der Waals surface area contributed by atoms with E-state index in [1.54, 1.807) is 37.3 Å². The molecule has 21 heavy (non-hydrogen) atoms. The van der Waals surface area contributed by atoms with Crippen LogP contribution in [-0.2, 0) is 0 Å². The molecule has 2 rings (SSSR count). The van der Waals surface area contributed by atoms with Gasteiger partial charge in [0.25, 0.3) is 0 Å². The van der Waals surface area contributed by atoms with E-state index in [4.69, 9.17) is 4.74 Å². The molecule has 0 aliphatic heterocycles. The highest BCUT2D eigenvalue weighted by atomic mass is 19.3. The molecule has 0 atom stereocenters. The summed E-state index contributed by atoms with van der Waals surface area (Å²) in [6, 6.07) is 9.55. The largest absolute Gasteiger partial charge is 0.419 e. The van der Waals surface area contributed by atoms with E-state index in [-0.39, 0.29) is 11.8 Å². The van der Waals surface area contributed by atoms with E-state index < -0.39 is 12.7 Å². The van der Waals surface area contributed by atoms with Crippen molar-refractivity contribution in [3.05, 3.63) is 42.1 Å². The van der Waals surface area contributed by atoms with Crippen LogP contribution in [0.15, 0.2) is 36.4 Å². The summed E-state index contributed by atoms with van der Waals surface area (Å²) in [7, 11) is 0. The standard InChI is InChI=1S/C13H11F2N3O3/c1-8-7-10(21-11(14)15)17-12(16-8)18-13(19)20-9-5-3-2-4-6-9/h2-7,11H,1H3,(H,16,17,18,19). The first-order chi connectivity index (χ1) is 10.0. The summed E-state index contributed by atoms with van der Waals surface area (Å²) >= 11 is 0. The Labute approximate surface area is 118 Å². The predicted molar refractivity (Wildman–Crippen MR) is 69.5 cm³/mol. The topological polar surface area (TPSA) is 73.3 Å². The normalized spacial score (nSPS) is 10.3. The van der Waals surface area contributed by atoms with Gasteiger partial charge in [0, 0.05) is 11.8 Å². The van der Waals surface area contributed by atoms with Crippen molar-refractivity contribution in [1.29, 1.82) is 0 Å². The molecule has 0 bridgehead atoms. The maximum Gasteiger partial charge on any atom is 0.419 e. The van der Waals surface area contributed by atoms with Crippen molar-refractivity contribution >= 4 is 12.0 Å². The lowest BCUT2D eigenvalue weighted by molar-refractivity contribution is -0.0528. The first kappa shape index (κ1) is 14.6. The van der Waals surface area contributed by atoms with Gasteiger partial charge < -0.3 is 9.47 Å². The maximum absolute atomic E-state index is 12.1. The summed E-state index contributed by atoms with van der Waals surface area (Å²) in [6.07, 6.45) is -0.838. The molecule has 0 radical (unpaired) electrons. The number of carbonyl (C=O) groups is 1. The summed E-state index contributed by atoms with van der Waals surface area (Å²) in [5.41, 5.74) is 0.357. The van der Waals surface area contributed by atoms with Crippen LogP contribution in [0.4, 0.5) is 19.5 Å². The number of nitrogens with one attached hydrogen (secondary N) is 1. The number of aromatic nitrogens is 2. The quantitative estimate of drug-likeness (QED) is 0.938. The number of rotatable bonds is 4. The van der Waals surface area contributed by atoms with Crippen LogP contribution in [0.2, 0.25) is 0 Å². The third-order valence-corrected chi connectivity index (χ3v) is 2.21. The van der Waals surface area contributed by atoms with Crippen molar-refractivity contribution in [3.63, 3.8) is 0 Å². The number of anilines is 1. The van der Waals surface area contributed by atoms with Crippen LogP contribution in [0.5, 0.6) is 11.6 Å². The summed E-state index contributed by atoms with van der Waals surface area (Å²) in [5.74, 6) is -0.203. The van der Waals surface area contributed by atoms with Gasteiger partial charge in [0.2, 0.25) is 11.8 Å². The SMILES string of the molecule is Cc1cc(OC(F)F)nc(NC(=O)Oc2ccccc2)n1. The van der Waals surface area contributed by atoms with Gasteiger partial charge in [0.05, 0.1) is 0 Å². The number of ether oxygens (including phenoxy) is 2. The Kier molecular flexibility index (Phi) is 4.60. The molecular formula is C13H11F2N3O3. The number of halogens is 2. The van der Waals surface area contributed by atoms with E-state index >= 15 is 0 Å². The molecule has 0 saturated carbocycles. The fourth-order valence-electron chi connectivity index (χ4n) is 1.46. The second-order valence-corrected chi connectivity index (χ2v) is 3.88. The molecule has 0 unspecified atom stereocenters. The lowest BCUT2D eigenvalue weighted by Crippen LogP contribution is -2.19. The number of amides is 1. The summed E-state index contributed by atoms with van der Waals surface area (Å²) in [4.78, 5) is 19.1. The number of alkyl halides is 2. The van der Waals surface area contributed by atoms with Crippen molar-refractivity contribution in [3.8, 4) is 11.6 Å². The number of hydrogen-bond acceptors (Lipinski definition) is 5. The Bertz CT molecular complexity index is 623. The Morgan fingerprint density at radius 3 is 2.62 bits per heavy atom. The Hall–Kier alpha value is -2.77. The number of para-hydroxylation sites is 1. The van der Waals surface area contributed by atoms with Gasteiger partial charge in [-0.3, -0.25) is 5.32 Å². The Morgan fingerprint density at radius 2 is 1.95 bits per heavy atom. The van der Waals surface area contributed by atoms with Gasteiger partial charge in [0.1, 0.15) is 5.75 Å². The molecule has 0 aliphatic rings. The Balaban J connectivity index is 2.05. The molecule has 0 spiro atoms. The fourth-order valence-corrected chi connectivity index (χ4v) is 1.46. The fraction of sp³-hybridized carbons (Fsp3) is 0.154. The Morgan fingerprint density at radius 1 is 1.24 bits per heavy atom. The highest BCUT2D eigenvalue weighted by Gasteiger charge is 2.11. The van der Waals surface area contributed by atoms with Crippen LogP contribution < -0.4 is 14.8 Å². The van der Waals surface area contributed by atoms with Gasteiger partial charge in [-0.05, 0) is 19.1 Å². The molecule has 110 valence electrons. The third kappa shape index (κ3) is 4.68. The third-order valence-electron chi connectivity index (χ3n) is 2.21. The summed E-state index contributed by atoms with van der Waals surface area (Å²) in [6.45, 7) is -1.46. The minimum Gasteiger partial charge on any atom is -0.417 e. The minimum atomic E-state index is -3.01. The molecule has 8 heteroatoms. The molecule has 1 aromatic carbocycles. The van der Waals surface area contributed by atoms with Crippen LogP contribution in [-0.4, -0.2) is 22.7 Å². The second-order valence-electron chi connectivity index (χ2n) is 3.88. The molecular weight excluding hydrogens is 284 g/mol. The van der Waals surface area contributed by atoms with Gasteiger partial charge in [-0.15, -0.1) is 0 Å².